The molecule has 0 bridgehead atoms. The highest BCUT2D eigenvalue weighted by atomic mass is 19.4. The molecule has 0 unspecified atom stereocenters. The van der Waals surface area contributed by atoms with Crippen molar-refractivity contribution in [1.82, 2.24) is 0 Å². The summed E-state index contributed by atoms with van der Waals surface area (Å²) in [6, 6.07) is 0. The first kappa shape index (κ1) is 8.06. The van der Waals surface area contributed by atoms with Gasteiger partial charge in [-0.05, 0) is 0 Å². The van der Waals surface area contributed by atoms with Crippen molar-refractivity contribution in [1.29, 1.82) is 0 Å². The molecule has 0 radical (unpaired) electrons. The molecule has 0 heterocycles. The lowest BCUT2D eigenvalue weighted by Crippen LogP contribution is -2.29. The maximum Gasteiger partial charge on any atom is 0.406 e. The molecule has 0 aromatic carbocycles. The molecule has 0 saturated heterocycles. The summed E-state index contributed by atoms with van der Waals surface area (Å²) in [7, 11) is 0. The predicted octanol–water partition coefficient (Wildman–Crippen LogP) is -0.0914. The normalized spacial score (nSPS) is 11.0. The highest BCUT2D eigenvalue weighted by Crippen LogP contribution is 2.13. The molecule has 0 aliphatic rings. The van der Waals surface area contributed by atoms with Crippen LogP contribution in [0.15, 0.2) is 0 Å². The highest BCUT2D eigenvalue weighted by molar-refractivity contribution is 5.53. The average molecular weight is 143 g/mol. The van der Waals surface area contributed by atoms with Gasteiger partial charge in [0.25, 0.3) is 6.16 Å². The standard InChI is InChI=1S/C3H3F3O3/c4-3(5,6)1-9-2(7)8/h1H2,(H,7,8)/p-1. The number of rotatable bonds is 1. The maximum atomic E-state index is 11.0. The Labute approximate surface area is 48.0 Å². The fourth-order valence-corrected chi connectivity index (χ4v) is 0.141. The molecule has 0 amide bonds. The summed E-state index contributed by atoms with van der Waals surface area (Å²) in [6.07, 6.45) is -6.78. The molecule has 0 aliphatic heterocycles. The van der Waals surface area contributed by atoms with E-state index >= 15 is 0 Å². The largest absolute Gasteiger partial charge is 0.540 e. The van der Waals surface area contributed by atoms with Gasteiger partial charge < -0.3 is 14.6 Å². The molecule has 0 fully saturated rings. The Morgan fingerprint density at radius 3 is 2.11 bits per heavy atom. The zero-order chi connectivity index (χ0) is 7.49. The third-order valence-electron chi connectivity index (χ3n) is 0.354. The van der Waals surface area contributed by atoms with Gasteiger partial charge in [-0.25, -0.2) is 0 Å². The van der Waals surface area contributed by atoms with Crippen LogP contribution in [0, 0.1) is 0 Å². The van der Waals surface area contributed by atoms with E-state index < -0.39 is 18.9 Å². The summed E-state index contributed by atoms with van der Waals surface area (Å²) in [5.74, 6) is 0. The monoisotopic (exact) mass is 143 g/mol. The van der Waals surface area contributed by atoms with Gasteiger partial charge in [-0.3, -0.25) is 0 Å². The molecule has 6 heteroatoms. The Morgan fingerprint density at radius 2 is 2.00 bits per heavy atom. The molecule has 0 N–H and O–H groups in total. The fraction of sp³-hybridized carbons (Fsp3) is 0.667. The van der Waals surface area contributed by atoms with E-state index in [0.717, 1.165) is 0 Å². The van der Waals surface area contributed by atoms with Crippen LogP contribution in [0.2, 0.25) is 0 Å². The van der Waals surface area contributed by atoms with Crippen LogP contribution in [-0.4, -0.2) is 18.9 Å². The van der Waals surface area contributed by atoms with Gasteiger partial charge >= 0.3 is 6.18 Å². The molecule has 0 spiro atoms. The van der Waals surface area contributed by atoms with Gasteiger partial charge in [0, 0.05) is 0 Å². The molecule has 0 aliphatic carbocycles. The summed E-state index contributed by atoms with van der Waals surface area (Å²) in [4.78, 5) is 9.21. The molecule has 54 valence electrons. The molecule has 0 saturated carbocycles. The zero-order valence-electron chi connectivity index (χ0n) is 4.07. The van der Waals surface area contributed by atoms with Gasteiger partial charge in [0.2, 0.25) is 0 Å². The van der Waals surface area contributed by atoms with Crippen molar-refractivity contribution in [3.8, 4) is 0 Å². The number of carboxylic acid groups (broad SMARTS) is 1. The Kier molecular flexibility index (Phi) is 2.29. The molecule has 0 aromatic heterocycles. The van der Waals surface area contributed by atoms with Gasteiger partial charge in [0.1, 0.15) is 6.61 Å². The van der Waals surface area contributed by atoms with Gasteiger partial charge in [0.15, 0.2) is 0 Å². The Bertz CT molecular complexity index is 107. The van der Waals surface area contributed by atoms with E-state index in [1.54, 1.807) is 0 Å². The van der Waals surface area contributed by atoms with Crippen molar-refractivity contribution in [2.24, 2.45) is 0 Å². The minimum atomic E-state index is -4.61. The van der Waals surface area contributed by atoms with Crippen LogP contribution in [-0.2, 0) is 4.74 Å². The molecular weight excluding hydrogens is 141 g/mol. The van der Waals surface area contributed by atoms with Crippen LogP contribution in [0.5, 0.6) is 0 Å². The van der Waals surface area contributed by atoms with Gasteiger partial charge in [-0.1, -0.05) is 0 Å². The minimum absolute atomic E-state index is 1.81. The maximum absolute atomic E-state index is 11.0. The van der Waals surface area contributed by atoms with E-state index in [9.17, 15) is 23.1 Å². The number of hydrogen-bond donors (Lipinski definition) is 0. The van der Waals surface area contributed by atoms with Gasteiger partial charge in [-0.15, -0.1) is 0 Å². The van der Waals surface area contributed by atoms with Crippen LogP contribution >= 0.6 is 0 Å². The molecule has 0 rings (SSSR count). The molecule has 0 atom stereocenters. The quantitative estimate of drug-likeness (QED) is 0.482. The van der Waals surface area contributed by atoms with E-state index in [1.807, 2.05) is 0 Å². The van der Waals surface area contributed by atoms with Crippen molar-refractivity contribution in [3.05, 3.63) is 0 Å². The Morgan fingerprint density at radius 1 is 1.56 bits per heavy atom. The average Bonchev–Trinajstić information content (AvgIpc) is 1.59. The number of halogens is 3. The van der Waals surface area contributed by atoms with Crippen LogP contribution in [0.1, 0.15) is 0 Å². The lowest BCUT2D eigenvalue weighted by atomic mass is 10.7. The second-order valence-corrected chi connectivity index (χ2v) is 1.15. The smallest absolute Gasteiger partial charge is 0.406 e. The topological polar surface area (TPSA) is 49.4 Å². The van der Waals surface area contributed by atoms with Crippen molar-refractivity contribution < 1.29 is 27.8 Å². The number of alkyl halides is 3. The first-order chi connectivity index (χ1) is 3.92. The summed E-state index contributed by atoms with van der Waals surface area (Å²) < 4.78 is 36.1. The summed E-state index contributed by atoms with van der Waals surface area (Å²) in [5.41, 5.74) is 0. The molecule has 0 aromatic rings. The van der Waals surface area contributed by atoms with Crippen LogP contribution in [0.25, 0.3) is 0 Å². The van der Waals surface area contributed by atoms with Crippen LogP contribution in [0.4, 0.5) is 18.0 Å². The molecular formula is C3H2F3O3-. The second kappa shape index (κ2) is 2.56. The summed E-state index contributed by atoms with van der Waals surface area (Å²) in [6.45, 7) is -1.81. The molecule has 3 nitrogen and oxygen atoms in total. The third-order valence-corrected chi connectivity index (χ3v) is 0.354. The predicted molar refractivity (Wildman–Crippen MR) is 17.4 cm³/mol. The van der Waals surface area contributed by atoms with E-state index in [1.165, 1.54) is 0 Å². The van der Waals surface area contributed by atoms with Crippen molar-refractivity contribution in [3.63, 3.8) is 0 Å². The fourth-order valence-electron chi connectivity index (χ4n) is 0.141. The van der Waals surface area contributed by atoms with Crippen molar-refractivity contribution in [2.45, 2.75) is 6.18 Å². The third kappa shape index (κ3) is 7.06. The van der Waals surface area contributed by atoms with E-state index in [2.05, 4.69) is 4.74 Å². The van der Waals surface area contributed by atoms with Gasteiger partial charge in [-0.2, -0.15) is 13.2 Å². The van der Waals surface area contributed by atoms with Gasteiger partial charge in [0.05, 0.1) is 0 Å². The van der Waals surface area contributed by atoms with E-state index in [-0.39, 0.29) is 0 Å². The first-order valence-electron chi connectivity index (χ1n) is 1.82. The van der Waals surface area contributed by atoms with E-state index in [0.29, 0.717) is 0 Å². The number of hydrogen-bond acceptors (Lipinski definition) is 3. The first-order valence-corrected chi connectivity index (χ1v) is 1.82. The zero-order valence-corrected chi connectivity index (χ0v) is 4.07. The second-order valence-electron chi connectivity index (χ2n) is 1.15. The van der Waals surface area contributed by atoms with Crippen molar-refractivity contribution >= 4 is 6.16 Å². The Balaban J connectivity index is 3.39. The van der Waals surface area contributed by atoms with Crippen LogP contribution < -0.4 is 5.11 Å². The number of ether oxygens (including phenoxy) is 1. The summed E-state index contributed by atoms with van der Waals surface area (Å²) in [5, 5.41) is 9.21. The molecule has 9 heavy (non-hydrogen) atoms. The SMILES string of the molecule is O=C([O-])OCC(F)(F)F. The van der Waals surface area contributed by atoms with Crippen molar-refractivity contribution in [2.75, 3.05) is 6.61 Å². The highest BCUT2D eigenvalue weighted by Gasteiger charge is 2.25. The lowest BCUT2D eigenvalue weighted by Gasteiger charge is -2.09. The van der Waals surface area contributed by atoms with E-state index in [4.69, 9.17) is 0 Å². The Hall–Kier alpha value is -0.940. The number of carbonyl (C=O) groups is 1. The van der Waals surface area contributed by atoms with Crippen LogP contribution in [0.3, 0.4) is 0 Å². The number of carbonyl (C=O) groups excluding carboxylic acids is 1. The summed E-state index contributed by atoms with van der Waals surface area (Å²) >= 11 is 0. The lowest BCUT2D eigenvalue weighted by molar-refractivity contribution is -0.293. The minimum Gasteiger partial charge on any atom is -0.540 e.